The third kappa shape index (κ3) is 12.2. The number of nitrogens with zero attached hydrogens (tertiary/aromatic N) is 2. The molecule has 2 atom stereocenters. The second-order valence-corrected chi connectivity index (χ2v) is 35.5. The second kappa shape index (κ2) is 30.9. The van der Waals surface area contributed by atoms with Crippen LogP contribution in [0.3, 0.4) is 0 Å². The van der Waals surface area contributed by atoms with Gasteiger partial charge in [-0.2, -0.15) is 0 Å². The predicted molar refractivity (Wildman–Crippen MR) is 545 cm³/mol. The van der Waals surface area contributed by atoms with Crippen molar-refractivity contribution in [3.63, 3.8) is 0 Å². The molecule has 4 aliphatic rings. The molecule has 0 saturated heterocycles. The zero-order valence-corrected chi connectivity index (χ0v) is 73.1. The van der Waals surface area contributed by atoms with E-state index in [-0.39, 0.29) is 11.6 Å². The van der Waals surface area contributed by atoms with Crippen LogP contribution in [-0.2, 0) is 16.2 Å². The van der Waals surface area contributed by atoms with Gasteiger partial charge in [-0.25, -0.2) is 8.78 Å². The molecule has 636 valence electrons. The number of ether oxygens (including phenoxy) is 2. The summed E-state index contributed by atoms with van der Waals surface area (Å²) >= 11 is 0. The van der Waals surface area contributed by atoms with Crippen LogP contribution in [0.4, 0.5) is 42.9 Å². The van der Waals surface area contributed by atoms with E-state index in [9.17, 15) is 0 Å². The van der Waals surface area contributed by atoms with Crippen molar-refractivity contribution in [1.82, 2.24) is 0 Å². The first-order valence-corrected chi connectivity index (χ1v) is 45.7. The van der Waals surface area contributed by atoms with Gasteiger partial charge in [0.1, 0.15) is 57.0 Å². The average Bonchev–Trinajstić information content (AvgIpc) is 1.48. The lowest BCUT2D eigenvalue weighted by Gasteiger charge is -2.35. The van der Waals surface area contributed by atoms with Crippen molar-refractivity contribution in [1.29, 1.82) is 0 Å². The molecule has 0 radical (unpaired) electrons. The van der Waals surface area contributed by atoms with Crippen LogP contribution in [-0.4, -0.2) is 0 Å². The Morgan fingerprint density at radius 1 is 0.215 bits per heavy atom. The summed E-state index contributed by atoms with van der Waals surface area (Å²) in [5.41, 5.74) is 33.8. The highest BCUT2D eigenvalue weighted by Gasteiger charge is 2.54. The van der Waals surface area contributed by atoms with Crippen LogP contribution in [0.1, 0.15) is 77.9 Å². The lowest BCUT2D eigenvalue weighted by atomic mass is 9.67. The summed E-state index contributed by atoms with van der Waals surface area (Å²) in [6.45, 7) is 7.94. The summed E-state index contributed by atoms with van der Waals surface area (Å²) in [5, 5.41) is 4.30. The fourth-order valence-corrected chi connectivity index (χ4v) is 22.7. The van der Waals surface area contributed by atoms with Crippen LogP contribution in [0.15, 0.2) is 471 Å². The van der Waals surface area contributed by atoms with Gasteiger partial charge in [-0.15, -0.1) is 0 Å². The summed E-state index contributed by atoms with van der Waals surface area (Å²) < 4.78 is 57.8. The molecular formula is C127H80F2N2O4. The fraction of sp³-hybridized carbons (Fsp3) is 0.0236. The zero-order valence-electron chi connectivity index (χ0n) is 73.1. The average molecular weight is 1740 g/mol. The summed E-state index contributed by atoms with van der Waals surface area (Å²) in [6.07, 6.45) is 3.65. The number of para-hydroxylation sites is 2. The van der Waals surface area contributed by atoms with Crippen molar-refractivity contribution >= 4 is 90.2 Å². The monoisotopic (exact) mass is 1730 g/mol. The maximum absolute atomic E-state index is 15.8. The van der Waals surface area contributed by atoms with Crippen LogP contribution < -0.4 is 19.3 Å². The Morgan fingerprint density at radius 2 is 0.474 bits per heavy atom. The minimum Gasteiger partial charge on any atom is -0.457 e. The first-order chi connectivity index (χ1) is 66.5. The summed E-state index contributed by atoms with van der Waals surface area (Å²) in [5.74, 6) is 2.13. The van der Waals surface area contributed by atoms with E-state index in [1.54, 1.807) is 24.3 Å². The van der Waals surface area contributed by atoms with Gasteiger partial charge in [-0.3, -0.25) is 0 Å². The van der Waals surface area contributed by atoms with Gasteiger partial charge in [0.15, 0.2) is 0 Å². The molecular weight excluding hydrogens is 1660 g/mol. The number of furan rings is 2. The standard InChI is InChI=1S/C127H80F2N2O4/c1-3-79-29-59-97(60-30-79)132-99-63-43-87(44-64-99)125(85-39-47-89(128)48-40-85)113-23-11-5-17-101(113)105-69-55-93(75-117(105)125)130(91-51-33-81(34-52-91)83-37-67-111-109-21-9-15-27-121(109)134-123(111)73-83)95-57-71-107-103-19-7-13-25-115(103)127(119(107)77-95)116-26-14-8-20-104(116)108-72-58-96(78-120(108)127)131(92-53-35-82(36-54-92)84-38-68-112-110-22-10-16-28-122(110)135-124(112)74-84)94-56-70-106-102-18-6-12-24-114(102)126(118(106)76-94,86-41-49-90(129)50-42-86)88-45-65-100(66-46-88)133-98-61-31-80(4-2)32-62-98/h3-78H,1-2H2. The molecule has 8 heteroatoms. The highest BCUT2D eigenvalue weighted by Crippen LogP contribution is 2.66. The SMILES string of the molecule is C=Cc1ccc(Oc2ccc(C3(c4ccc(F)cc4)c4ccccc4-c4ccc(N(c5ccc(-c6ccc7c(c6)oc6ccccc67)cc5)c5ccc6c(c5)C5(c7ccccc7-6)c6ccccc6-c6ccc(N(c7ccc(-c8ccc9c(c8)oc8ccccc89)cc7)c7ccc8c(c7)C(c7ccc(F)cc7)(c7ccc(Oc9ccc(C=C)cc9)cc7)c7ccccc7-8)cc65)cc43)cc2)cc1. The van der Waals surface area contributed by atoms with Crippen LogP contribution in [0.25, 0.3) is 123 Å². The molecule has 0 aliphatic heterocycles. The molecule has 6 nitrogen and oxygen atoms in total. The number of hydrogen-bond donors (Lipinski definition) is 0. The van der Waals surface area contributed by atoms with E-state index >= 15 is 8.78 Å². The van der Waals surface area contributed by atoms with Gasteiger partial charge >= 0.3 is 0 Å². The number of rotatable bonds is 18. The fourth-order valence-electron chi connectivity index (χ4n) is 22.7. The number of anilines is 6. The van der Waals surface area contributed by atoms with E-state index in [4.69, 9.17) is 18.3 Å². The first-order valence-electron chi connectivity index (χ1n) is 45.7. The molecule has 0 fully saturated rings. The minimum absolute atomic E-state index is 0.320. The number of benzene rings is 20. The van der Waals surface area contributed by atoms with Crippen LogP contribution in [0.5, 0.6) is 23.0 Å². The molecule has 1 spiro atoms. The Kier molecular flexibility index (Phi) is 18.0. The molecule has 0 amide bonds. The van der Waals surface area contributed by atoms with E-state index < -0.39 is 16.2 Å². The Hall–Kier alpha value is -17.5. The molecule has 20 aromatic carbocycles. The smallest absolute Gasteiger partial charge is 0.136 e. The third-order valence-corrected chi connectivity index (χ3v) is 28.7. The molecule has 0 saturated carbocycles. The number of halogens is 2. The predicted octanol–water partition coefficient (Wildman–Crippen LogP) is 34.0. The van der Waals surface area contributed by atoms with E-state index in [1.807, 2.05) is 133 Å². The van der Waals surface area contributed by atoms with Gasteiger partial charge in [-0.05, 0) is 327 Å². The zero-order chi connectivity index (χ0) is 89.8. The summed E-state index contributed by atoms with van der Waals surface area (Å²) in [6, 6.07) is 158. The Bertz CT molecular complexity index is 8090. The van der Waals surface area contributed by atoms with Gasteiger partial charge in [-0.1, -0.05) is 292 Å². The minimum atomic E-state index is -0.955. The van der Waals surface area contributed by atoms with Gasteiger partial charge in [0, 0.05) is 55.7 Å². The highest BCUT2D eigenvalue weighted by atomic mass is 19.1. The third-order valence-electron chi connectivity index (χ3n) is 28.7. The lowest BCUT2D eigenvalue weighted by molar-refractivity contribution is 0.482. The van der Waals surface area contributed by atoms with E-state index in [0.717, 1.165) is 212 Å². The van der Waals surface area contributed by atoms with Crippen molar-refractivity contribution in [2.24, 2.45) is 0 Å². The van der Waals surface area contributed by atoms with Gasteiger partial charge in [0.2, 0.25) is 0 Å². The maximum atomic E-state index is 15.8. The molecule has 26 rings (SSSR count). The van der Waals surface area contributed by atoms with E-state index in [1.165, 1.54) is 11.1 Å². The normalized spacial score (nSPS) is 15.5. The lowest BCUT2D eigenvalue weighted by Crippen LogP contribution is -2.29. The molecule has 22 aromatic rings. The Morgan fingerprint density at radius 3 is 0.807 bits per heavy atom. The van der Waals surface area contributed by atoms with Gasteiger partial charge in [0.25, 0.3) is 0 Å². The number of fused-ring (bicyclic) bond motifs is 22. The van der Waals surface area contributed by atoms with Gasteiger partial charge in [0.05, 0.1) is 16.2 Å². The summed E-state index contributed by atoms with van der Waals surface area (Å²) in [7, 11) is 0. The van der Waals surface area contributed by atoms with Crippen molar-refractivity contribution in [3.8, 4) is 89.8 Å². The number of hydrogen-bond acceptors (Lipinski definition) is 6. The second-order valence-electron chi connectivity index (χ2n) is 35.5. The van der Waals surface area contributed by atoms with Crippen molar-refractivity contribution in [2.75, 3.05) is 9.80 Å². The molecule has 2 unspecified atom stereocenters. The Labute approximate surface area is 779 Å². The molecule has 0 N–H and O–H groups in total. The van der Waals surface area contributed by atoms with E-state index in [2.05, 4.69) is 326 Å². The van der Waals surface area contributed by atoms with Gasteiger partial charge < -0.3 is 28.1 Å². The highest BCUT2D eigenvalue weighted by molar-refractivity contribution is 6.08. The van der Waals surface area contributed by atoms with Crippen LogP contribution in [0.2, 0.25) is 0 Å². The van der Waals surface area contributed by atoms with Crippen LogP contribution in [0, 0.1) is 11.6 Å². The van der Waals surface area contributed by atoms with E-state index in [0.29, 0.717) is 23.0 Å². The molecule has 4 aliphatic carbocycles. The molecule has 2 heterocycles. The first kappa shape index (κ1) is 78.6. The maximum Gasteiger partial charge on any atom is 0.136 e. The van der Waals surface area contributed by atoms with Crippen molar-refractivity contribution < 1.29 is 27.1 Å². The molecule has 2 aromatic heterocycles. The summed E-state index contributed by atoms with van der Waals surface area (Å²) in [4.78, 5) is 4.86. The van der Waals surface area contributed by atoms with Crippen LogP contribution >= 0.6 is 0 Å². The quantitative estimate of drug-likeness (QED) is 0.0853. The largest absolute Gasteiger partial charge is 0.457 e. The topological polar surface area (TPSA) is 51.2 Å². The Balaban J connectivity index is 0.670. The van der Waals surface area contributed by atoms with Crippen molar-refractivity contribution in [3.05, 3.63) is 552 Å². The van der Waals surface area contributed by atoms with Crippen molar-refractivity contribution in [2.45, 2.75) is 16.2 Å². The molecule has 135 heavy (non-hydrogen) atoms. The molecule has 0 bridgehead atoms.